The zero-order valence-electron chi connectivity index (χ0n) is 12.9. The zero-order chi connectivity index (χ0) is 15.4. The molecular weight excluding hydrogens is 272 g/mol. The van der Waals surface area contributed by atoms with Crippen molar-refractivity contribution in [1.29, 1.82) is 0 Å². The number of nitrogens with one attached hydrogen (secondary N) is 1. The Hall–Kier alpha value is -2.13. The topological polar surface area (TPSA) is 32.3 Å². The minimum Gasteiger partial charge on any atom is -0.341 e. The van der Waals surface area contributed by atoms with E-state index in [0.29, 0.717) is 6.54 Å². The molecule has 0 spiro atoms. The first-order valence-electron chi connectivity index (χ1n) is 7.80. The Morgan fingerprint density at radius 2 is 1.68 bits per heavy atom. The molecule has 3 rings (SSSR count). The van der Waals surface area contributed by atoms with Crippen LogP contribution in [0.4, 0.5) is 0 Å². The van der Waals surface area contributed by atoms with Gasteiger partial charge >= 0.3 is 0 Å². The molecule has 0 saturated carbocycles. The van der Waals surface area contributed by atoms with E-state index in [1.165, 1.54) is 11.1 Å². The van der Waals surface area contributed by atoms with Gasteiger partial charge in [0.05, 0.1) is 5.92 Å². The maximum Gasteiger partial charge on any atom is 0.227 e. The third-order valence-electron chi connectivity index (χ3n) is 4.40. The summed E-state index contributed by atoms with van der Waals surface area (Å²) in [5, 5.41) is 3.37. The van der Waals surface area contributed by atoms with Crippen LogP contribution < -0.4 is 5.32 Å². The minimum absolute atomic E-state index is 0.0242. The van der Waals surface area contributed by atoms with Crippen LogP contribution in [0.3, 0.4) is 0 Å². The van der Waals surface area contributed by atoms with E-state index in [-0.39, 0.29) is 17.7 Å². The summed E-state index contributed by atoms with van der Waals surface area (Å²) in [7, 11) is 1.90. The number of benzene rings is 2. The summed E-state index contributed by atoms with van der Waals surface area (Å²) in [5.41, 5.74) is 2.42. The van der Waals surface area contributed by atoms with Crippen LogP contribution in [0, 0.1) is 5.92 Å². The summed E-state index contributed by atoms with van der Waals surface area (Å²) in [6, 6.07) is 20.5. The Bertz CT molecular complexity index is 612. The highest BCUT2D eigenvalue weighted by Crippen LogP contribution is 2.29. The van der Waals surface area contributed by atoms with Gasteiger partial charge in [-0.15, -0.1) is 0 Å². The number of hydrogen-bond acceptors (Lipinski definition) is 2. The molecule has 1 fully saturated rings. The SMILES string of the molecule is CN(Cc1ccccc1)C(=O)C1CNCC1c1ccccc1. The lowest BCUT2D eigenvalue weighted by atomic mass is 9.88. The third kappa shape index (κ3) is 3.20. The highest BCUT2D eigenvalue weighted by molar-refractivity contribution is 5.80. The van der Waals surface area contributed by atoms with Crippen LogP contribution in [-0.4, -0.2) is 30.9 Å². The zero-order valence-corrected chi connectivity index (χ0v) is 12.9. The van der Waals surface area contributed by atoms with E-state index < -0.39 is 0 Å². The molecule has 1 amide bonds. The largest absolute Gasteiger partial charge is 0.341 e. The molecule has 3 nitrogen and oxygen atoms in total. The average Bonchev–Trinajstić information content (AvgIpc) is 3.05. The number of carbonyl (C=O) groups is 1. The molecule has 1 N–H and O–H groups in total. The predicted octanol–water partition coefficient (Wildman–Crippen LogP) is 2.65. The third-order valence-corrected chi connectivity index (χ3v) is 4.40. The van der Waals surface area contributed by atoms with Gasteiger partial charge in [-0.25, -0.2) is 0 Å². The second-order valence-electron chi connectivity index (χ2n) is 5.96. The summed E-state index contributed by atoms with van der Waals surface area (Å²) < 4.78 is 0. The van der Waals surface area contributed by atoms with Crippen molar-refractivity contribution >= 4 is 5.91 Å². The van der Waals surface area contributed by atoms with Gasteiger partial charge in [-0.1, -0.05) is 60.7 Å². The molecule has 0 bridgehead atoms. The number of rotatable bonds is 4. The van der Waals surface area contributed by atoms with E-state index in [1.807, 2.05) is 48.3 Å². The van der Waals surface area contributed by atoms with Crippen LogP contribution in [0.1, 0.15) is 17.0 Å². The fraction of sp³-hybridized carbons (Fsp3) is 0.316. The normalized spacial score (nSPS) is 20.8. The van der Waals surface area contributed by atoms with Crippen LogP contribution in [0.25, 0.3) is 0 Å². The van der Waals surface area contributed by atoms with Crippen molar-refractivity contribution in [3.63, 3.8) is 0 Å². The maximum atomic E-state index is 12.8. The van der Waals surface area contributed by atoms with Gasteiger partial charge in [-0.3, -0.25) is 4.79 Å². The lowest BCUT2D eigenvalue weighted by Gasteiger charge is -2.25. The van der Waals surface area contributed by atoms with Gasteiger partial charge in [0, 0.05) is 32.6 Å². The van der Waals surface area contributed by atoms with Crippen molar-refractivity contribution in [3.8, 4) is 0 Å². The van der Waals surface area contributed by atoms with Gasteiger partial charge in [0.2, 0.25) is 5.91 Å². The standard InChI is InChI=1S/C19H22N2O/c1-21(14-15-8-4-2-5-9-15)19(22)18-13-20-12-17(18)16-10-6-3-7-11-16/h2-11,17-18,20H,12-14H2,1H3. The van der Waals surface area contributed by atoms with Crippen molar-refractivity contribution in [2.24, 2.45) is 5.92 Å². The Kier molecular flexibility index (Phi) is 4.54. The van der Waals surface area contributed by atoms with Crippen molar-refractivity contribution in [1.82, 2.24) is 10.2 Å². The van der Waals surface area contributed by atoms with Crippen LogP contribution >= 0.6 is 0 Å². The summed E-state index contributed by atoms with van der Waals surface area (Å²) in [4.78, 5) is 14.7. The molecule has 0 aromatic heterocycles. The number of hydrogen-bond donors (Lipinski definition) is 1. The monoisotopic (exact) mass is 294 g/mol. The average molecular weight is 294 g/mol. The molecule has 114 valence electrons. The second-order valence-corrected chi connectivity index (χ2v) is 5.96. The van der Waals surface area contributed by atoms with Crippen LogP contribution in [0.5, 0.6) is 0 Å². The fourth-order valence-corrected chi connectivity index (χ4v) is 3.21. The molecule has 2 unspecified atom stereocenters. The molecule has 1 aliphatic heterocycles. The number of carbonyl (C=O) groups excluding carboxylic acids is 1. The molecule has 3 heteroatoms. The predicted molar refractivity (Wildman–Crippen MR) is 88.5 cm³/mol. The molecule has 1 heterocycles. The molecule has 22 heavy (non-hydrogen) atoms. The van der Waals surface area contributed by atoms with Gasteiger partial charge in [-0.2, -0.15) is 0 Å². The van der Waals surface area contributed by atoms with Crippen molar-refractivity contribution < 1.29 is 4.79 Å². The minimum atomic E-state index is 0.0242. The molecule has 2 aromatic carbocycles. The van der Waals surface area contributed by atoms with Crippen LogP contribution in [0.2, 0.25) is 0 Å². The van der Waals surface area contributed by atoms with Gasteiger partial charge < -0.3 is 10.2 Å². The first kappa shape index (κ1) is 14.8. The van der Waals surface area contributed by atoms with E-state index in [2.05, 4.69) is 29.6 Å². The fourth-order valence-electron chi connectivity index (χ4n) is 3.21. The van der Waals surface area contributed by atoms with Gasteiger partial charge in [-0.05, 0) is 11.1 Å². The highest BCUT2D eigenvalue weighted by Gasteiger charge is 2.35. The van der Waals surface area contributed by atoms with E-state index in [0.717, 1.165) is 13.1 Å². The molecule has 0 aliphatic carbocycles. The molecule has 2 aromatic rings. The smallest absolute Gasteiger partial charge is 0.227 e. The lowest BCUT2D eigenvalue weighted by molar-refractivity contribution is -0.134. The van der Waals surface area contributed by atoms with Crippen LogP contribution in [-0.2, 0) is 11.3 Å². The second kappa shape index (κ2) is 6.75. The summed E-state index contributed by atoms with van der Waals surface area (Å²) in [6.07, 6.45) is 0. The first-order chi connectivity index (χ1) is 10.8. The Labute approximate surface area is 132 Å². The molecule has 2 atom stereocenters. The van der Waals surface area contributed by atoms with Crippen LogP contribution in [0.15, 0.2) is 60.7 Å². The Morgan fingerprint density at radius 3 is 2.36 bits per heavy atom. The van der Waals surface area contributed by atoms with Crippen molar-refractivity contribution in [2.75, 3.05) is 20.1 Å². The van der Waals surface area contributed by atoms with Gasteiger partial charge in [0.15, 0.2) is 0 Å². The number of amides is 1. The van der Waals surface area contributed by atoms with E-state index in [1.54, 1.807) is 0 Å². The van der Waals surface area contributed by atoms with Crippen molar-refractivity contribution in [2.45, 2.75) is 12.5 Å². The summed E-state index contributed by atoms with van der Waals surface area (Å²) in [6.45, 7) is 2.30. The highest BCUT2D eigenvalue weighted by atomic mass is 16.2. The lowest BCUT2D eigenvalue weighted by Crippen LogP contribution is -2.35. The van der Waals surface area contributed by atoms with Gasteiger partial charge in [0.25, 0.3) is 0 Å². The Morgan fingerprint density at radius 1 is 1.05 bits per heavy atom. The molecule has 0 radical (unpaired) electrons. The van der Waals surface area contributed by atoms with E-state index in [9.17, 15) is 4.79 Å². The number of nitrogens with zero attached hydrogens (tertiary/aromatic N) is 1. The van der Waals surface area contributed by atoms with E-state index >= 15 is 0 Å². The first-order valence-corrected chi connectivity index (χ1v) is 7.80. The van der Waals surface area contributed by atoms with Gasteiger partial charge in [0.1, 0.15) is 0 Å². The summed E-state index contributed by atoms with van der Waals surface area (Å²) in [5.74, 6) is 0.519. The Balaban J connectivity index is 1.71. The molecular formula is C19H22N2O. The van der Waals surface area contributed by atoms with Crippen molar-refractivity contribution in [3.05, 3.63) is 71.8 Å². The quantitative estimate of drug-likeness (QED) is 0.940. The molecule has 1 saturated heterocycles. The summed E-state index contributed by atoms with van der Waals surface area (Å²) >= 11 is 0. The molecule has 1 aliphatic rings. The maximum absolute atomic E-state index is 12.8. The van der Waals surface area contributed by atoms with E-state index in [4.69, 9.17) is 0 Å².